The molecule has 130 valence electrons. The van der Waals surface area contributed by atoms with E-state index in [9.17, 15) is 4.79 Å². The highest BCUT2D eigenvalue weighted by atomic mass is 32.2. The molecule has 0 radical (unpaired) electrons. The molecule has 0 aromatic carbocycles. The number of hydrogen-bond donors (Lipinski definition) is 0. The average Bonchev–Trinajstić information content (AvgIpc) is 3.04. The Bertz CT molecular complexity index is 762. The van der Waals surface area contributed by atoms with E-state index in [0.29, 0.717) is 12.2 Å². The van der Waals surface area contributed by atoms with Gasteiger partial charge in [0.1, 0.15) is 0 Å². The predicted molar refractivity (Wildman–Crippen MR) is 97.5 cm³/mol. The second-order valence-electron chi connectivity index (χ2n) is 6.90. The maximum absolute atomic E-state index is 12.6. The van der Waals surface area contributed by atoms with Gasteiger partial charge < -0.3 is 9.64 Å². The fourth-order valence-electron chi connectivity index (χ4n) is 3.47. The molecular weight excluding hydrogens is 334 g/mol. The van der Waals surface area contributed by atoms with Crippen LogP contribution in [0.2, 0.25) is 0 Å². The lowest BCUT2D eigenvalue weighted by molar-refractivity contribution is 0.0255. The standard InChI is InChI=1S/C19H21N3O2S/c1-14-6-16(9-21-8-14)18(23)22-12-19(13-22)7-17(11-25-19)24-10-15-2-4-20-5-3-15/h2-6,8-9,17H,7,10-13H2,1H3. The fraction of sp³-hybridized carbons (Fsp3) is 0.421. The summed E-state index contributed by atoms with van der Waals surface area (Å²) in [5, 5.41) is 0. The maximum atomic E-state index is 12.6. The van der Waals surface area contributed by atoms with Crippen LogP contribution in [0.5, 0.6) is 0 Å². The summed E-state index contributed by atoms with van der Waals surface area (Å²) in [6, 6.07) is 5.87. The van der Waals surface area contributed by atoms with Crippen molar-refractivity contribution >= 4 is 17.7 Å². The lowest BCUT2D eigenvalue weighted by Gasteiger charge is -2.47. The lowest BCUT2D eigenvalue weighted by atomic mass is 9.92. The normalized spacial score (nSPS) is 21.3. The minimum Gasteiger partial charge on any atom is -0.373 e. The van der Waals surface area contributed by atoms with Crippen LogP contribution in [0.4, 0.5) is 0 Å². The molecule has 2 fully saturated rings. The molecule has 0 aliphatic carbocycles. The minimum absolute atomic E-state index is 0.0866. The molecule has 2 aromatic heterocycles. The first-order valence-electron chi connectivity index (χ1n) is 8.49. The molecule has 2 aliphatic heterocycles. The van der Waals surface area contributed by atoms with Crippen LogP contribution in [-0.2, 0) is 11.3 Å². The van der Waals surface area contributed by atoms with Crippen molar-refractivity contribution in [1.82, 2.24) is 14.9 Å². The van der Waals surface area contributed by atoms with Crippen LogP contribution >= 0.6 is 11.8 Å². The molecule has 1 amide bonds. The van der Waals surface area contributed by atoms with Gasteiger partial charge in [-0.25, -0.2) is 0 Å². The van der Waals surface area contributed by atoms with Crippen LogP contribution in [-0.4, -0.2) is 50.5 Å². The van der Waals surface area contributed by atoms with Gasteiger partial charge in [-0.1, -0.05) is 0 Å². The first-order chi connectivity index (χ1) is 12.1. The molecule has 1 spiro atoms. The third-order valence-corrected chi connectivity index (χ3v) is 6.35. The zero-order chi connectivity index (χ0) is 17.3. The van der Waals surface area contributed by atoms with E-state index < -0.39 is 0 Å². The summed E-state index contributed by atoms with van der Waals surface area (Å²) < 4.78 is 6.23. The van der Waals surface area contributed by atoms with E-state index in [-0.39, 0.29) is 16.8 Å². The molecule has 0 bridgehead atoms. The summed E-state index contributed by atoms with van der Waals surface area (Å²) in [6.45, 7) is 4.19. The smallest absolute Gasteiger partial charge is 0.255 e. The molecule has 25 heavy (non-hydrogen) atoms. The van der Waals surface area contributed by atoms with Gasteiger partial charge in [0, 0.05) is 43.6 Å². The van der Waals surface area contributed by atoms with Crippen LogP contribution in [0.3, 0.4) is 0 Å². The Kier molecular flexibility index (Phi) is 4.48. The number of amides is 1. The largest absolute Gasteiger partial charge is 0.373 e. The zero-order valence-corrected chi connectivity index (χ0v) is 15.0. The van der Waals surface area contributed by atoms with Gasteiger partial charge in [0.05, 0.1) is 23.0 Å². The van der Waals surface area contributed by atoms with Crippen LogP contribution in [0, 0.1) is 6.92 Å². The number of hydrogen-bond acceptors (Lipinski definition) is 5. The van der Waals surface area contributed by atoms with E-state index in [2.05, 4.69) is 9.97 Å². The summed E-state index contributed by atoms with van der Waals surface area (Å²) >= 11 is 1.95. The van der Waals surface area contributed by atoms with Gasteiger partial charge in [0.25, 0.3) is 5.91 Å². The van der Waals surface area contributed by atoms with Gasteiger partial charge in [-0.05, 0) is 42.7 Å². The third kappa shape index (κ3) is 3.55. The molecule has 2 aromatic rings. The Morgan fingerprint density at radius 1 is 1.32 bits per heavy atom. The molecule has 1 unspecified atom stereocenters. The minimum atomic E-state index is 0.0866. The molecule has 4 heterocycles. The van der Waals surface area contributed by atoms with E-state index in [4.69, 9.17) is 4.74 Å². The molecule has 1 atom stereocenters. The van der Waals surface area contributed by atoms with Gasteiger partial charge >= 0.3 is 0 Å². The van der Waals surface area contributed by atoms with Crippen LogP contribution < -0.4 is 0 Å². The SMILES string of the molecule is Cc1cncc(C(=O)N2CC3(CC(OCc4ccncc4)CS3)C2)c1. The Morgan fingerprint density at radius 2 is 2.12 bits per heavy atom. The number of pyridine rings is 2. The van der Waals surface area contributed by atoms with Crippen molar-refractivity contribution in [3.63, 3.8) is 0 Å². The van der Waals surface area contributed by atoms with E-state index in [1.807, 2.05) is 41.8 Å². The molecule has 5 nitrogen and oxygen atoms in total. The van der Waals surface area contributed by atoms with Crippen LogP contribution in [0.25, 0.3) is 0 Å². The van der Waals surface area contributed by atoms with Gasteiger partial charge in [-0.2, -0.15) is 0 Å². The summed E-state index contributed by atoms with van der Waals surface area (Å²) in [5.41, 5.74) is 2.85. The van der Waals surface area contributed by atoms with Crippen LogP contribution in [0.1, 0.15) is 27.9 Å². The number of nitrogens with zero attached hydrogens (tertiary/aromatic N) is 3. The predicted octanol–water partition coefficient (Wildman–Crippen LogP) is 2.70. The molecule has 6 heteroatoms. The van der Waals surface area contributed by atoms with Crippen molar-refractivity contribution in [3.05, 3.63) is 59.7 Å². The van der Waals surface area contributed by atoms with Crippen molar-refractivity contribution < 1.29 is 9.53 Å². The first kappa shape index (κ1) is 16.5. The molecule has 2 aliphatic rings. The van der Waals surface area contributed by atoms with Gasteiger partial charge in [0.15, 0.2) is 0 Å². The fourth-order valence-corrected chi connectivity index (χ4v) is 5.02. The number of ether oxygens (including phenoxy) is 1. The van der Waals surface area contributed by atoms with Crippen LogP contribution in [0.15, 0.2) is 43.0 Å². The highest BCUT2D eigenvalue weighted by Gasteiger charge is 2.51. The van der Waals surface area contributed by atoms with Gasteiger partial charge in [-0.15, -0.1) is 11.8 Å². The van der Waals surface area contributed by atoms with E-state index in [0.717, 1.165) is 36.4 Å². The molecule has 4 rings (SSSR count). The second kappa shape index (κ2) is 6.77. The van der Waals surface area contributed by atoms with Gasteiger partial charge in [-0.3, -0.25) is 14.8 Å². The number of carbonyl (C=O) groups is 1. The number of rotatable bonds is 4. The van der Waals surface area contributed by atoms with E-state index in [1.165, 1.54) is 0 Å². The highest BCUT2D eigenvalue weighted by molar-refractivity contribution is 8.01. The number of carbonyl (C=O) groups excluding carboxylic acids is 1. The monoisotopic (exact) mass is 355 g/mol. The quantitative estimate of drug-likeness (QED) is 0.844. The number of aryl methyl sites for hydroxylation is 1. The Balaban J connectivity index is 1.29. The van der Waals surface area contributed by atoms with Crippen molar-refractivity contribution in [2.24, 2.45) is 0 Å². The van der Waals surface area contributed by atoms with Crippen molar-refractivity contribution in [2.45, 2.75) is 30.8 Å². The number of thioether (sulfide) groups is 1. The van der Waals surface area contributed by atoms with Crippen molar-refractivity contribution in [2.75, 3.05) is 18.8 Å². The summed E-state index contributed by atoms with van der Waals surface area (Å²) in [5.74, 6) is 1.09. The molecular formula is C19H21N3O2S. The maximum Gasteiger partial charge on any atom is 0.255 e. The average molecular weight is 355 g/mol. The lowest BCUT2D eigenvalue weighted by Crippen LogP contribution is -2.60. The van der Waals surface area contributed by atoms with Crippen molar-refractivity contribution in [1.29, 1.82) is 0 Å². The Morgan fingerprint density at radius 3 is 2.88 bits per heavy atom. The second-order valence-corrected chi connectivity index (χ2v) is 8.39. The molecule has 0 saturated carbocycles. The summed E-state index contributed by atoms with van der Waals surface area (Å²) in [6.07, 6.45) is 8.28. The van der Waals surface area contributed by atoms with Crippen molar-refractivity contribution in [3.8, 4) is 0 Å². The Hall–Kier alpha value is -1.92. The summed E-state index contributed by atoms with van der Waals surface area (Å²) in [7, 11) is 0. The highest BCUT2D eigenvalue weighted by Crippen LogP contribution is 2.46. The van der Waals surface area contributed by atoms with E-state index in [1.54, 1.807) is 24.8 Å². The summed E-state index contributed by atoms with van der Waals surface area (Å²) in [4.78, 5) is 22.6. The molecule has 2 saturated heterocycles. The number of aromatic nitrogens is 2. The first-order valence-corrected chi connectivity index (χ1v) is 9.48. The number of likely N-dealkylation sites (tertiary alicyclic amines) is 1. The topological polar surface area (TPSA) is 55.3 Å². The van der Waals surface area contributed by atoms with E-state index >= 15 is 0 Å². The molecule has 0 N–H and O–H groups in total. The Labute approximate surface area is 151 Å². The third-order valence-electron chi connectivity index (χ3n) is 4.78. The van der Waals surface area contributed by atoms with Gasteiger partial charge in [0.2, 0.25) is 0 Å². The zero-order valence-electron chi connectivity index (χ0n) is 14.2.